The molecule has 5 rings (SSSR count). The third-order valence-electron chi connectivity index (χ3n) is 5.35. The van der Waals surface area contributed by atoms with Gasteiger partial charge in [-0.1, -0.05) is 0 Å². The van der Waals surface area contributed by atoms with Crippen molar-refractivity contribution in [2.45, 2.75) is 19.4 Å². The summed E-state index contributed by atoms with van der Waals surface area (Å²) in [4.78, 5) is 21.1. The van der Waals surface area contributed by atoms with Crippen molar-refractivity contribution in [2.24, 2.45) is 0 Å². The van der Waals surface area contributed by atoms with E-state index in [1.165, 1.54) is 24.2 Å². The van der Waals surface area contributed by atoms with Gasteiger partial charge in [0.2, 0.25) is 0 Å². The van der Waals surface area contributed by atoms with Gasteiger partial charge in [0.15, 0.2) is 11.5 Å². The van der Waals surface area contributed by atoms with Crippen LogP contribution in [0.5, 0.6) is 11.5 Å². The van der Waals surface area contributed by atoms with E-state index in [9.17, 15) is 4.79 Å². The number of amides is 1. The molecule has 1 N–H and O–H groups in total. The second kappa shape index (κ2) is 8.36. The summed E-state index contributed by atoms with van der Waals surface area (Å²) in [5, 5.41) is 3.03. The first-order chi connectivity index (χ1) is 14.8. The fourth-order valence-corrected chi connectivity index (χ4v) is 4.69. The number of aromatic nitrogens is 1. The highest BCUT2D eigenvalue weighted by atomic mass is 32.1. The second-order valence-electron chi connectivity index (χ2n) is 7.42. The van der Waals surface area contributed by atoms with E-state index in [2.05, 4.69) is 21.3 Å². The number of fused-ring (bicyclic) bond motifs is 1. The molecule has 3 aromatic rings. The zero-order valence-corrected chi connectivity index (χ0v) is 17.4. The number of ether oxygens (including phenoxy) is 2. The van der Waals surface area contributed by atoms with Crippen molar-refractivity contribution in [3.63, 3.8) is 0 Å². The number of carbonyl (C=O) groups is 1. The minimum absolute atomic E-state index is 0.0664. The average molecular weight is 422 g/mol. The van der Waals surface area contributed by atoms with Crippen molar-refractivity contribution in [2.75, 3.05) is 31.2 Å². The molecule has 2 aliphatic rings. The smallest absolute Gasteiger partial charge is 0.261 e. The largest absolute Gasteiger partial charge is 0.486 e. The number of rotatable bonds is 5. The quantitative estimate of drug-likeness (QED) is 0.672. The molecule has 30 heavy (non-hydrogen) atoms. The topological polar surface area (TPSA) is 63.7 Å². The number of pyridine rings is 1. The Bertz CT molecular complexity index is 1060. The van der Waals surface area contributed by atoms with Crippen LogP contribution in [-0.4, -0.2) is 37.2 Å². The first kappa shape index (κ1) is 18.9. The highest BCUT2D eigenvalue weighted by molar-refractivity contribution is 7.17. The van der Waals surface area contributed by atoms with Gasteiger partial charge >= 0.3 is 0 Å². The molecule has 0 radical (unpaired) electrons. The number of benzene rings is 1. The summed E-state index contributed by atoms with van der Waals surface area (Å²) in [5.74, 6) is 2.45. The molecule has 0 spiro atoms. The Balaban J connectivity index is 1.24. The van der Waals surface area contributed by atoms with Crippen LogP contribution in [0, 0.1) is 0 Å². The van der Waals surface area contributed by atoms with Crippen LogP contribution in [0.25, 0.3) is 10.4 Å². The van der Waals surface area contributed by atoms with E-state index in [1.807, 2.05) is 42.6 Å². The lowest BCUT2D eigenvalue weighted by Gasteiger charge is -2.18. The molecular weight excluding hydrogens is 398 g/mol. The molecule has 1 amide bonds. The van der Waals surface area contributed by atoms with E-state index in [0.29, 0.717) is 24.6 Å². The van der Waals surface area contributed by atoms with Crippen LogP contribution in [0.4, 0.5) is 5.82 Å². The number of nitrogens with one attached hydrogen (secondary N) is 1. The zero-order valence-electron chi connectivity index (χ0n) is 16.6. The first-order valence-electron chi connectivity index (χ1n) is 10.2. The van der Waals surface area contributed by atoms with Gasteiger partial charge in [-0.3, -0.25) is 4.79 Å². The standard InChI is InChI=1S/C23H23N3O3S/c27-23(25-15-16-7-8-24-22(13-16)26-9-1-2-10-26)21-6-5-20(30-21)17-3-4-18-19(14-17)29-12-11-28-18/h3-8,13-14H,1-2,9-12,15H2,(H,25,27). The highest BCUT2D eigenvalue weighted by Crippen LogP contribution is 2.36. The van der Waals surface area contributed by atoms with Gasteiger partial charge in [0.25, 0.3) is 5.91 Å². The van der Waals surface area contributed by atoms with Crippen LogP contribution >= 0.6 is 11.3 Å². The molecule has 0 bridgehead atoms. The van der Waals surface area contributed by atoms with Crippen molar-refractivity contribution in [1.82, 2.24) is 10.3 Å². The van der Waals surface area contributed by atoms with Gasteiger partial charge in [-0.25, -0.2) is 4.98 Å². The lowest BCUT2D eigenvalue weighted by molar-refractivity contribution is 0.0955. The summed E-state index contributed by atoms with van der Waals surface area (Å²) in [7, 11) is 0. The number of anilines is 1. The molecule has 1 fully saturated rings. The summed E-state index contributed by atoms with van der Waals surface area (Å²) < 4.78 is 11.2. The third-order valence-corrected chi connectivity index (χ3v) is 6.48. The fraction of sp³-hybridized carbons (Fsp3) is 0.304. The zero-order chi connectivity index (χ0) is 20.3. The Morgan fingerprint density at radius 3 is 2.73 bits per heavy atom. The Morgan fingerprint density at radius 1 is 1.03 bits per heavy atom. The van der Waals surface area contributed by atoms with Gasteiger partial charge in [-0.2, -0.15) is 0 Å². The summed E-state index contributed by atoms with van der Waals surface area (Å²) in [5.41, 5.74) is 2.08. The predicted octanol–water partition coefficient (Wildman–Crippen LogP) is 4.11. The van der Waals surface area contributed by atoms with Crippen molar-refractivity contribution in [3.8, 4) is 21.9 Å². The SMILES string of the molecule is O=C(NCc1ccnc(N2CCCC2)c1)c1ccc(-c2ccc3c(c2)OCCO3)s1. The molecule has 4 heterocycles. The first-order valence-corrected chi connectivity index (χ1v) is 11.1. The van der Waals surface area contributed by atoms with Crippen LogP contribution in [-0.2, 0) is 6.54 Å². The average Bonchev–Trinajstić information content (AvgIpc) is 3.50. The Hall–Kier alpha value is -3.06. The Labute approximate surface area is 179 Å². The van der Waals surface area contributed by atoms with E-state index in [0.717, 1.165) is 46.4 Å². The van der Waals surface area contributed by atoms with E-state index in [4.69, 9.17) is 9.47 Å². The molecule has 2 aliphatic heterocycles. The normalized spacial score (nSPS) is 15.3. The highest BCUT2D eigenvalue weighted by Gasteiger charge is 2.16. The Kier molecular flexibility index (Phi) is 5.27. The fourth-order valence-electron chi connectivity index (χ4n) is 3.77. The molecule has 0 saturated carbocycles. The molecule has 0 aliphatic carbocycles. The minimum atomic E-state index is -0.0664. The summed E-state index contributed by atoms with van der Waals surface area (Å²) in [6.07, 6.45) is 4.25. The van der Waals surface area contributed by atoms with Gasteiger partial charge in [0.1, 0.15) is 19.0 Å². The van der Waals surface area contributed by atoms with Crippen LogP contribution in [0.3, 0.4) is 0 Å². The van der Waals surface area contributed by atoms with E-state index >= 15 is 0 Å². The van der Waals surface area contributed by atoms with Gasteiger partial charge in [-0.05, 0) is 66.4 Å². The van der Waals surface area contributed by atoms with E-state index < -0.39 is 0 Å². The van der Waals surface area contributed by atoms with Crippen LogP contribution < -0.4 is 19.7 Å². The van der Waals surface area contributed by atoms with E-state index in [-0.39, 0.29) is 5.91 Å². The number of carbonyl (C=O) groups excluding carboxylic acids is 1. The monoisotopic (exact) mass is 421 g/mol. The number of hydrogen-bond donors (Lipinski definition) is 1. The summed E-state index contributed by atoms with van der Waals surface area (Å²) in [6, 6.07) is 13.8. The lowest BCUT2D eigenvalue weighted by atomic mass is 10.1. The van der Waals surface area contributed by atoms with Crippen LogP contribution in [0.15, 0.2) is 48.7 Å². The maximum atomic E-state index is 12.7. The van der Waals surface area contributed by atoms with Crippen molar-refractivity contribution < 1.29 is 14.3 Å². The van der Waals surface area contributed by atoms with Crippen LogP contribution in [0.2, 0.25) is 0 Å². The lowest BCUT2D eigenvalue weighted by Crippen LogP contribution is -2.23. The van der Waals surface area contributed by atoms with Gasteiger partial charge < -0.3 is 19.7 Å². The number of thiophene rings is 1. The van der Waals surface area contributed by atoms with Gasteiger partial charge in [0.05, 0.1) is 4.88 Å². The van der Waals surface area contributed by atoms with Crippen molar-refractivity contribution >= 4 is 23.1 Å². The van der Waals surface area contributed by atoms with Gasteiger partial charge in [-0.15, -0.1) is 11.3 Å². The maximum Gasteiger partial charge on any atom is 0.261 e. The molecule has 1 aromatic carbocycles. The third kappa shape index (κ3) is 3.98. The molecule has 0 atom stereocenters. The molecular formula is C23H23N3O3S. The molecule has 7 heteroatoms. The molecule has 6 nitrogen and oxygen atoms in total. The van der Waals surface area contributed by atoms with Gasteiger partial charge in [0, 0.05) is 30.7 Å². The summed E-state index contributed by atoms with van der Waals surface area (Å²) in [6.45, 7) is 3.73. The number of nitrogens with zero attached hydrogens (tertiary/aromatic N) is 2. The molecule has 1 saturated heterocycles. The Morgan fingerprint density at radius 2 is 1.87 bits per heavy atom. The minimum Gasteiger partial charge on any atom is -0.486 e. The summed E-state index contributed by atoms with van der Waals surface area (Å²) >= 11 is 1.47. The maximum absolute atomic E-state index is 12.7. The van der Waals surface area contributed by atoms with Crippen molar-refractivity contribution in [3.05, 3.63) is 59.1 Å². The number of hydrogen-bond acceptors (Lipinski definition) is 6. The predicted molar refractivity (Wildman–Crippen MR) is 118 cm³/mol. The molecule has 0 unspecified atom stereocenters. The van der Waals surface area contributed by atoms with E-state index in [1.54, 1.807) is 0 Å². The molecule has 154 valence electrons. The molecule has 2 aromatic heterocycles. The van der Waals surface area contributed by atoms with Crippen molar-refractivity contribution in [1.29, 1.82) is 0 Å². The second-order valence-corrected chi connectivity index (χ2v) is 8.51. The van der Waals surface area contributed by atoms with Crippen LogP contribution in [0.1, 0.15) is 28.1 Å².